The molecule has 0 amide bonds. The Morgan fingerprint density at radius 2 is 2.00 bits per heavy atom. The number of carbonyl (C=O) groups is 2. The summed E-state index contributed by atoms with van der Waals surface area (Å²) in [6.45, 7) is -0.515. The van der Waals surface area contributed by atoms with Crippen LogP contribution in [0, 0.1) is 3.57 Å². The van der Waals surface area contributed by atoms with E-state index in [2.05, 4.69) is 0 Å². The second kappa shape index (κ2) is 5.71. The van der Waals surface area contributed by atoms with Gasteiger partial charge in [-0.2, -0.15) is 0 Å². The summed E-state index contributed by atoms with van der Waals surface area (Å²) in [5, 5.41) is 17.4. The summed E-state index contributed by atoms with van der Waals surface area (Å²) in [6, 6.07) is 2.66. The van der Waals surface area contributed by atoms with E-state index in [0.29, 0.717) is 3.57 Å². The van der Waals surface area contributed by atoms with Crippen LogP contribution in [0.1, 0.15) is 10.4 Å². The maximum absolute atomic E-state index is 10.8. The molecule has 0 radical (unpaired) electrons. The van der Waals surface area contributed by atoms with Crippen molar-refractivity contribution < 1.29 is 29.3 Å². The van der Waals surface area contributed by atoms with Crippen LogP contribution in [0.2, 0.25) is 0 Å². The van der Waals surface area contributed by atoms with Crippen molar-refractivity contribution in [3.63, 3.8) is 0 Å². The average molecular weight is 352 g/mol. The molecule has 0 unspecified atom stereocenters. The molecule has 0 aromatic heterocycles. The van der Waals surface area contributed by atoms with Gasteiger partial charge in [0.2, 0.25) is 0 Å². The summed E-state index contributed by atoms with van der Waals surface area (Å²) in [5.74, 6) is -1.80. The van der Waals surface area contributed by atoms with Crippen LogP contribution in [-0.4, -0.2) is 35.9 Å². The van der Waals surface area contributed by atoms with Crippen LogP contribution in [-0.2, 0) is 4.79 Å². The Balaban J connectivity index is 3.12. The van der Waals surface area contributed by atoms with Crippen molar-refractivity contribution in [2.24, 2.45) is 0 Å². The molecule has 0 aliphatic carbocycles. The molecule has 1 aromatic rings. The molecule has 0 saturated heterocycles. The highest BCUT2D eigenvalue weighted by atomic mass is 127. The smallest absolute Gasteiger partial charge is 0.341 e. The van der Waals surface area contributed by atoms with Gasteiger partial charge in [0.1, 0.15) is 0 Å². The first-order valence-electron chi connectivity index (χ1n) is 4.41. The number of halogens is 1. The van der Waals surface area contributed by atoms with E-state index in [1.165, 1.54) is 19.2 Å². The van der Waals surface area contributed by atoms with Crippen molar-refractivity contribution in [3.8, 4) is 11.5 Å². The molecule has 1 rings (SSSR count). The number of aliphatic carboxylic acids is 1. The fourth-order valence-electron chi connectivity index (χ4n) is 1.12. The Morgan fingerprint density at radius 1 is 1.35 bits per heavy atom. The lowest BCUT2D eigenvalue weighted by Gasteiger charge is -2.11. The molecule has 0 bridgehead atoms. The standard InChI is InChI=1S/C10H9IO6/c1-16-7-3-5(10(14)15)2-6(11)9(7)17-4-8(12)13/h2-3H,4H2,1H3,(H,12,13)(H,14,15). The Kier molecular flexibility index (Phi) is 4.55. The second-order valence-corrected chi connectivity index (χ2v) is 4.14. The lowest BCUT2D eigenvalue weighted by molar-refractivity contribution is -0.139. The minimum absolute atomic E-state index is 0.0499. The van der Waals surface area contributed by atoms with Crippen LogP contribution in [0.5, 0.6) is 11.5 Å². The van der Waals surface area contributed by atoms with Crippen LogP contribution < -0.4 is 9.47 Å². The molecule has 17 heavy (non-hydrogen) atoms. The van der Waals surface area contributed by atoms with Crippen molar-refractivity contribution in [1.29, 1.82) is 0 Å². The van der Waals surface area contributed by atoms with Crippen LogP contribution in [0.15, 0.2) is 12.1 Å². The number of carboxylic acids is 2. The van der Waals surface area contributed by atoms with E-state index < -0.39 is 18.5 Å². The predicted molar refractivity (Wildman–Crippen MR) is 65.8 cm³/mol. The monoisotopic (exact) mass is 352 g/mol. The van der Waals surface area contributed by atoms with Crippen LogP contribution in [0.3, 0.4) is 0 Å². The van der Waals surface area contributed by atoms with E-state index in [1.54, 1.807) is 0 Å². The molecule has 0 aliphatic heterocycles. The maximum Gasteiger partial charge on any atom is 0.341 e. The zero-order valence-electron chi connectivity index (χ0n) is 8.77. The molecule has 0 saturated carbocycles. The van der Waals surface area contributed by atoms with E-state index in [0.717, 1.165) is 0 Å². The third-order valence-electron chi connectivity index (χ3n) is 1.82. The fourth-order valence-corrected chi connectivity index (χ4v) is 1.87. The SMILES string of the molecule is COc1cc(C(=O)O)cc(I)c1OCC(=O)O. The Labute approximate surface area is 110 Å². The number of methoxy groups -OCH3 is 1. The normalized spacial score (nSPS) is 9.76. The largest absolute Gasteiger partial charge is 0.493 e. The van der Waals surface area contributed by atoms with E-state index in [4.69, 9.17) is 19.7 Å². The van der Waals surface area contributed by atoms with Gasteiger partial charge in [-0.3, -0.25) is 0 Å². The number of hydrogen-bond acceptors (Lipinski definition) is 4. The van der Waals surface area contributed by atoms with Gasteiger partial charge in [0.05, 0.1) is 16.2 Å². The highest BCUT2D eigenvalue weighted by molar-refractivity contribution is 14.1. The molecular formula is C10H9IO6. The molecule has 0 aliphatic rings. The van der Waals surface area contributed by atoms with Gasteiger partial charge in [0.25, 0.3) is 0 Å². The Hall–Kier alpha value is -1.51. The first-order valence-corrected chi connectivity index (χ1v) is 5.49. The van der Waals surface area contributed by atoms with Crippen LogP contribution in [0.4, 0.5) is 0 Å². The third-order valence-corrected chi connectivity index (χ3v) is 2.62. The molecule has 0 fully saturated rings. The number of aromatic carboxylic acids is 1. The molecular weight excluding hydrogens is 343 g/mol. The van der Waals surface area contributed by atoms with Crippen LogP contribution in [0.25, 0.3) is 0 Å². The van der Waals surface area contributed by atoms with Gasteiger partial charge in [0, 0.05) is 0 Å². The molecule has 2 N–H and O–H groups in total. The molecule has 1 aromatic carbocycles. The first-order chi connectivity index (χ1) is 7.95. The van der Waals surface area contributed by atoms with Crippen molar-refractivity contribution in [1.82, 2.24) is 0 Å². The minimum atomic E-state index is -1.12. The van der Waals surface area contributed by atoms with Crippen molar-refractivity contribution in [2.45, 2.75) is 0 Å². The Morgan fingerprint density at radius 3 is 2.47 bits per heavy atom. The number of hydrogen-bond donors (Lipinski definition) is 2. The second-order valence-electron chi connectivity index (χ2n) is 2.98. The summed E-state index contributed by atoms with van der Waals surface area (Å²) >= 11 is 1.85. The number of benzene rings is 1. The van der Waals surface area contributed by atoms with Crippen molar-refractivity contribution >= 4 is 34.5 Å². The lowest BCUT2D eigenvalue weighted by atomic mass is 10.2. The van der Waals surface area contributed by atoms with Crippen molar-refractivity contribution in [2.75, 3.05) is 13.7 Å². The van der Waals surface area contributed by atoms with Crippen molar-refractivity contribution in [3.05, 3.63) is 21.3 Å². The molecule has 0 atom stereocenters. The van der Waals surface area contributed by atoms with Gasteiger partial charge >= 0.3 is 11.9 Å². The molecule has 7 heteroatoms. The third kappa shape index (κ3) is 3.48. The topological polar surface area (TPSA) is 93.1 Å². The van der Waals surface area contributed by atoms with Gasteiger partial charge < -0.3 is 19.7 Å². The molecule has 6 nitrogen and oxygen atoms in total. The van der Waals surface area contributed by atoms with Crippen LogP contribution >= 0.6 is 22.6 Å². The summed E-state index contributed by atoms with van der Waals surface area (Å²) in [4.78, 5) is 21.2. The highest BCUT2D eigenvalue weighted by Crippen LogP contribution is 2.33. The number of ether oxygens (including phenoxy) is 2. The zero-order valence-corrected chi connectivity index (χ0v) is 10.9. The summed E-state index contributed by atoms with van der Waals surface area (Å²) in [7, 11) is 1.35. The predicted octanol–water partition coefficient (Wildman–Crippen LogP) is 1.46. The number of rotatable bonds is 5. The Bertz CT molecular complexity index is 456. The zero-order chi connectivity index (χ0) is 13.0. The molecule has 92 valence electrons. The van der Waals surface area contributed by atoms with E-state index in [1.807, 2.05) is 22.6 Å². The van der Waals surface area contributed by atoms with Gasteiger partial charge in [0.15, 0.2) is 18.1 Å². The molecule has 0 heterocycles. The van der Waals surface area contributed by atoms with Gasteiger partial charge in [-0.05, 0) is 34.7 Å². The lowest BCUT2D eigenvalue weighted by Crippen LogP contribution is -2.11. The quantitative estimate of drug-likeness (QED) is 0.780. The molecule has 0 spiro atoms. The van der Waals surface area contributed by atoms with Gasteiger partial charge in [-0.15, -0.1) is 0 Å². The minimum Gasteiger partial charge on any atom is -0.493 e. The van der Waals surface area contributed by atoms with Gasteiger partial charge in [-0.25, -0.2) is 9.59 Å². The summed E-state index contributed by atoms with van der Waals surface area (Å²) in [6.07, 6.45) is 0. The fraction of sp³-hybridized carbons (Fsp3) is 0.200. The maximum atomic E-state index is 10.8. The average Bonchev–Trinajstić information content (AvgIpc) is 2.25. The summed E-state index contributed by atoms with van der Waals surface area (Å²) in [5.41, 5.74) is 0.0499. The highest BCUT2D eigenvalue weighted by Gasteiger charge is 2.15. The van der Waals surface area contributed by atoms with E-state index in [9.17, 15) is 9.59 Å². The van der Waals surface area contributed by atoms with Gasteiger partial charge in [-0.1, -0.05) is 0 Å². The van der Waals surface area contributed by atoms with E-state index >= 15 is 0 Å². The van der Waals surface area contributed by atoms with E-state index in [-0.39, 0.29) is 17.1 Å². The first kappa shape index (κ1) is 13.6. The summed E-state index contributed by atoms with van der Waals surface area (Å²) < 4.78 is 10.5. The number of carboxylic acid groups (broad SMARTS) is 2.